The quantitative estimate of drug-likeness (QED) is 0.683. The lowest BCUT2D eigenvalue weighted by Gasteiger charge is -2.05. The summed E-state index contributed by atoms with van der Waals surface area (Å²) in [5.74, 6) is 0. The van der Waals surface area contributed by atoms with E-state index < -0.39 is 0 Å². The molecule has 1 rings (SSSR count). The standard InChI is InChI=1S/C12H15N/c1-5-10-7-11(6-2)12(9(3)4)13-8-10/h6-8H,2-3,5H2,1,4H3. The van der Waals surface area contributed by atoms with Gasteiger partial charge in [-0.2, -0.15) is 0 Å². The van der Waals surface area contributed by atoms with Crippen LogP contribution in [-0.4, -0.2) is 4.98 Å². The van der Waals surface area contributed by atoms with Crippen molar-refractivity contribution >= 4 is 11.6 Å². The van der Waals surface area contributed by atoms with Crippen LogP contribution in [0.15, 0.2) is 25.4 Å². The first-order chi connectivity index (χ1) is 6.19. The third-order valence-corrected chi connectivity index (χ3v) is 2.01. The van der Waals surface area contributed by atoms with Crippen molar-refractivity contribution < 1.29 is 0 Å². The Morgan fingerprint density at radius 3 is 2.77 bits per heavy atom. The highest BCUT2D eigenvalue weighted by molar-refractivity contribution is 5.68. The smallest absolute Gasteiger partial charge is 0.0725 e. The molecular formula is C12H15N. The van der Waals surface area contributed by atoms with Crippen molar-refractivity contribution in [2.75, 3.05) is 0 Å². The molecule has 0 radical (unpaired) electrons. The van der Waals surface area contributed by atoms with E-state index in [1.165, 1.54) is 5.56 Å². The molecule has 0 aliphatic heterocycles. The van der Waals surface area contributed by atoms with Gasteiger partial charge in [0.15, 0.2) is 0 Å². The van der Waals surface area contributed by atoms with Gasteiger partial charge in [0.1, 0.15) is 0 Å². The lowest BCUT2D eigenvalue weighted by atomic mass is 10.1. The second kappa shape index (κ2) is 4.04. The molecule has 1 heteroatoms. The molecule has 0 bridgehead atoms. The maximum absolute atomic E-state index is 4.35. The maximum Gasteiger partial charge on any atom is 0.0725 e. The molecule has 1 aromatic heterocycles. The number of pyridine rings is 1. The molecule has 0 amide bonds. The zero-order chi connectivity index (χ0) is 9.84. The Labute approximate surface area is 79.8 Å². The van der Waals surface area contributed by atoms with E-state index in [1.807, 2.05) is 19.2 Å². The van der Waals surface area contributed by atoms with Crippen molar-refractivity contribution in [3.05, 3.63) is 42.2 Å². The highest BCUT2D eigenvalue weighted by Gasteiger charge is 2.02. The van der Waals surface area contributed by atoms with Gasteiger partial charge in [-0.3, -0.25) is 4.98 Å². The minimum Gasteiger partial charge on any atom is -0.256 e. The molecule has 0 saturated heterocycles. The average molecular weight is 173 g/mol. The summed E-state index contributed by atoms with van der Waals surface area (Å²) in [6, 6.07) is 2.12. The molecule has 1 nitrogen and oxygen atoms in total. The molecular weight excluding hydrogens is 158 g/mol. The summed E-state index contributed by atoms with van der Waals surface area (Å²) >= 11 is 0. The summed E-state index contributed by atoms with van der Waals surface area (Å²) < 4.78 is 0. The molecule has 68 valence electrons. The highest BCUT2D eigenvalue weighted by Crippen LogP contribution is 2.17. The molecule has 0 saturated carbocycles. The van der Waals surface area contributed by atoms with E-state index in [0.717, 1.165) is 23.3 Å². The lowest BCUT2D eigenvalue weighted by Crippen LogP contribution is -1.93. The number of aryl methyl sites for hydroxylation is 1. The van der Waals surface area contributed by atoms with Gasteiger partial charge in [0.25, 0.3) is 0 Å². The van der Waals surface area contributed by atoms with Gasteiger partial charge in [-0.15, -0.1) is 0 Å². The van der Waals surface area contributed by atoms with E-state index in [0.29, 0.717) is 0 Å². The predicted molar refractivity (Wildman–Crippen MR) is 58.4 cm³/mol. The Morgan fingerprint density at radius 2 is 2.31 bits per heavy atom. The number of hydrogen-bond donors (Lipinski definition) is 0. The first-order valence-electron chi connectivity index (χ1n) is 4.46. The molecule has 0 unspecified atom stereocenters. The molecule has 0 aliphatic carbocycles. The number of nitrogens with zero attached hydrogens (tertiary/aromatic N) is 1. The van der Waals surface area contributed by atoms with E-state index in [1.54, 1.807) is 0 Å². The van der Waals surface area contributed by atoms with E-state index in [2.05, 4.69) is 31.1 Å². The average Bonchev–Trinajstić information content (AvgIpc) is 2.16. The van der Waals surface area contributed by atoms with E-state index >= 15 is 0 Å². The number of rotatable bonds is 3. The Hall–Kier alpha value is -1.37. The summed E-state index contributed by atoms with van der Waals surface area (Å²) in [7, 11) is 0. The van der Waals surface area contributed by atoms with Crippen LogP contribution in [0.5, 0.6) is 0 Å². The van der Waals surface area contributed by atoms with Crippen LogP contribution in [0.3, 0.4) is 0 Å². The van der Waals surface area contributed by atoms with E-state index in [-0.39, 0.29) is 0 Å². The van der Waals surface area contributed by atoms with Crippen LogP contribution in [-0.2, 0) is 6.42 Å². The van der Waals surface area contributed by atoms with Crippen LogP contribution < -0.4 is 0 Å². The summed E-state index contributed by atoms with van der Waals surface area (Å²) in [4.78, 5) is 4.35. The molecule has 0 aromatic carbocycles. The van der Waals surface area contributed by atoms with Gasteiger partial charge >= 0.3 is 0 Å². The van der Waals surface area contributed by atoms with Gasteiger partial charge in [0.05, 0.1) is 5.69 Å². The molecule has 0 spiro atoms. The van der Waals surface area contributed by atoms with Crippen LogP contribution in [0, 0.1) is 0 Å². The van der Waals surface area contributed by atoms with E-state index in [4.69, 9.17) is 0 Å². The number of allylic oxidation sites excluding steroid dienone is 1. The SMILES string of the molecule is C=Cc1cc(CC)cnc1C(=C)C. The summed E-state index contributed by atoms with van der Waals surface area (Å²) in [5, 5.41) is 0. The fourth-order valence-corrected chi connectivity index (χ4v) is 1.23. The second-order valence-electron chi connectivity index (χ2n) is 3.12. The summed E-state index contributed by atoms with van der Waals surface area (Å²) in [6.45, 7) is 11.7. The van der Waals surface area contributed by atoms with Gasteiger partial charge in [0, 0.05) is 11.8 Å². The fourth-order valence-electron chi connectivity index (χ4n) is 1.23. The van der Waals surface area contributed by atoms with Crippen LogP contribution >= 0.6 is 0 Å². The molecule has 0 fully saturated rings. The minimum atomic E-state index is 0.951. The topological polar surface area (TPSA) is 12.9 Å². The van der Waals surface area contributed by atoms with Crippen molar-refractivity contribution in [3.63, 3.8) is 0 Å². The Morgan fingerprint density at radius 1 is 1.62 bits per heavy atom. The molecule has 1 aromatic rings. The van der Waals surface area contributed by atoms with Gasteiger partial charge in [-0.25, -0.2) is 0 Å². The largest absolute Gasteiger partial charge is 0.256 e. The van der Waals surface area contributed by atoms with E-state index in [9.17, 15) is 0 Å². The maximum atomic E-state index is 4.35. The summed E-state index contributed by atoms with van der Waals surface area (Å²) in [5.41, 5.74) is 4.25. The van der Waals surface area contributed by atoms with Crippen LogP contribution in [0.2, 0.25) is 0 Å². The van der Waals surface area contributed by atoms with Gasteiger partial charge in [0.2, 0.25) is 0 Å². The minimum absolute atomic E-state index is 0.951. The molecule has 0 aliphatic rings. The van der Waals surface area contributed by atoms with Gasteiger partial charge in [-0.05, 0) is 30.5 Å². The molecule has 0 atom stereocenters. The third-order valence-electron chi connectivity index (χ3n) is 2.01. The van der Waals surface area contributed by atoms with Gasteiger partial charge in [-0.1, -0.05) is 26.2 Å². The second-order valence-corrected chi connectivity index (χ2v) is 3.12. The van der Waals surface area contributed by atoms with Crippen molar-refractivity contribution in [1.82, 2.24) is 4.98 Å². The van der Waals surface area contributed by atoms with Gasteiger partial charge < -0.3 is 0 Å². The molecule has 0 N–H and O–H groups in total. The predicted octanol–water partition coefficient (Wildman–Crippen LogP) is 3.32. The number of hydrogen-bond acceptors (Lipinski definition) is 1. The zero-order valence-electron chi connectivity index (χ0n) is 8.30. The van der Waals surface area contributed by atoms with Crippen molar-refractivity contribution in [2.45, 2.75) is 20.3 Å². The number of aromatic nitrogens is 1. The van der Waals surface area contributed by atoms with Crippen LogP contribution in [0.4, 0.5) is 0 Å². The first-order valence-corrected chi connectivity index (χ1v) is 4.46. The van der Waals surface area contributed by atoms with Crippen molar-refractivity contribution in [1.29, 1.82) is 0 Å². The molecule has 1 heterocycles. The fraction of sp³-hybridized carbons (Fsp3) is 0.250. The lowest BCUT2D eigenvalue weighted by molar-refractivity contribution is 1.09. The van der Waals surface area contributed by atoms with Crippen molar-refractivity contribution in [2.24, 2.45) is 0 Å². The van der Waals surface area contributed by atoms with Crippen LogP contribution in [0.25, 0.3) is 11.6 Å². The Bertz CT molecular complexity index is 337. The molecule has 13 heavy (non-hydrogen) atoms. The normalized spacial score (nSPS) is 9.69. The highest BCUT2D eigenvalue weighted by atomic mass is 14.7. The summed E-state index contributed by atoms with van der Waals surface area (Å²) in [6.07, 6.45) is 4.73. The Balaban J connectivity index is 3.23. The zero-order valence-corrected chi connectivity index (χ0v) is 8.30. The third kappa shape index (κ3) is 2.05. The Kier molecular flexibility index (Phi) is 3.02. The van der Waals surface area contributed by atoms with Crippen LogP contribution in [0.1, 0.15) is 30.7 Å². The monoisotopic (exact) mass is 173 g/mol. The van der Waals surface area contributed by atoms with Crippen molar-refractivity contribution in [3.8, 4) is 0 Å². The first kappa shape index (κ1) is 9.72.